The fourth-order valence-electron chi connectivity index (χ4n) is 2.41. The molecule has 0 aliphatic rings. The predicted octanol–water partition coefficient (Wildman–Crippen LogP) is 5.16. The van der Waals surface area contributed by atoms with E-state index in [1.807, 2.05) is 0 Å². The number of hydrogen-bond donors (Lipinski definition) is 0. The molecule has 110 valence electrons. The molecule has 0 aromatic carbocycles. The zero-order chi connectivity index (χ0) is 13.9. The molecule has 0 N–H and O–H groups in total. The van der Waals surface area contributed by atoms with Crippen molar-refractivity contribution in [2.45, 2.75) is 85.4 Å². The molecule has 18 heavy (non-hydrogen) atoms. The van der Waals surface area contributed by atoms with Crippen LogP contribution in [-0.4, -0.2) is 19.0 Å². The number of ether oxygens (including phenoxy) is 2. The summed E-state index contributed by atoms with van der Waals surface area (Å²) < 4.78 is 12.0. The summed E-state index contributed by atoms with van der Waals surface area (Å²) in [4.78, 5) is 0. The van der Waals surface area contributed by atoms with Gasteiger partial charge in [-0.2, -0.15) is 0 Å². The van der Waals surface area contributed by atoms with Crippen molar-refractivity contribution in [2.24, 2.45) is 5.92 Å². The maximum absolute atomic E-state index is 5.98. The Morgan fingerprint density at radius 3 is 1.83 bits per heavy atom. The minimum absolute atomic E-state index is 0.312. The molecule has 0 fully saturated rings. The van der Waals surface area contributed by atoms with Gasteiger partial charge in [-0.3, -0.25) is 0 Å². The summed E-state index contributed by atoms with van der Waals surface area (Å²) in [6, 6.07) is 0. The van der Waals surface area contributed by atoms with Crippen LogP contribution in [0.2, 0.25) is 0 Å². The summed E-state index contributed by atoms with van der Waals surface area (Å²) in [5, 5.41) is 0. The first-order valence-electron chi connectivity index (χ1n) is 7.88. The predicted molar refractivity (Wildman–Crippen MR) is 78.8 cm³/mol. The van der Waals surface area contributed by atoms with Crippen LogP contribution in [0.3, 0.4) is 0 Å². The third-order valence-electron chi connectivity index (χ3n) is 3.32. The third-order valence-corrected chi connectivity index (χ3v) is 3.32. The van der Waals surface area contributed by atoms with Gasteiger partial charge < -0.3 is 9.47 Å². The number of unbranched alkanes of at least 4 members (excludes halogenated alkanes) is 2. The topological polar surface area (TPSA) is 18.5 Å². The molecule has 0 spiro atoms. The van der Waals surface area contributed by atoms with Crippen LogP contribution in [0.4, 0.5) is 0 Å². The summed E-state index contributed by atoms with van der Waals surface area (Å²) >= 11 is 0. The first kappa shape index (κ1) is 17.9. The number of hydrogen-bond acceptors (Lipinski definition) is 2. The van der Waals surface area contributed by atoms with Gasteiger partial charge in [0.15, 0.2) is 5.79 Å². The van der Waals surface area contributed by atoms with Gasteiger partial charge in [0.2, 0.25) is 0 Å². The van der Waals surface area contributed by atoms with Crippen molar-refractivity contribution in [3.05, 3.63) is 0 Å². The molecule has 0 radical (unpaired) electrons. The summed E-state index contributed by atoms with van der Waals surface area (Å²) in [6.45, 7) is 12.4. The Kier molecular flexibility index (Phi) is 10.8. The fourth-order valence-corrected chi connectivity index (χ4v) is 2.41. The van der Waals surface area contributed by atoms with E-state index in [0.717, 1.165) is 32.0 Å². The summed E-state index contributed by atoms with van der Waals surface area (Å²) in [7, 11) is 0. The molecular formula is C16H34O2. The minimum Gasteiger partial charge on any atom is -0.350 e. The van der Waals surface area contributed by atoms with E-state index >= 15 is 0 Å². The van der Waals surface area contributed by atoms with Gasteiger partial charge >= 0.3 is 0 Å². The largest absolute Gasteiger partial charge is 0.350 e. The zero-order valence-electron chi connectivity index (χ0n) is 13.3. The third kappa shape index (κ3) is 8.10. The molecule has 0 aromatic rings. The molecule has 0 saturated heterocycles. The molecule has 2 nitrogen and oxygen atoms in total. The van der Waals surface area contributed by atoms with Crippen LogP contribution in [0.5, 0.6) is 0 Å². The highest BCUT2D eigenvalue weighted by Crippen LogP contribution is 2.28. The number of rotatable bonds is 12. The van der Waals surface area contributed by atoms with Crippen molar-refractivity contribution < 1.29 is 9.47 Å². The quantitative estimate of drug-likeness (QED) is 0.355. The minimum atomic E-state index is -0.312. The van der Waals surface area contributed by atoms with E-state index < -0.39 is 0 Å². The highest BCUT2D eigenvalue weighted by Gasteiger charge is 2.30. The molecule has 0 bridgehead atoms. The van der Waals surface area contributed by atoms with Crippen molar-refractivity contribution in [3.63, 3.8) is 0 Å². The lowest BCUT2D eigenvalue weighted by Gasteiger charge is -2.34. The molecule has 0 saturated carbocycles. The standard InChI is InChI=1S/C16H34O2/c1-6-9-10-13-16(17-7-2,18-8-3)14-11-12-15(4)5/h15H,6-14H2,1-5H3. The summed E-state index contributed by atoms with van der Waals surface area (Å²) in [5.41, 5.74) is 0. The molecule has 0 amide bonds. The Morgan fingerprint density at radius 2 is 1.39 bits per heavy atom. The lowest BCUT2D eigenvalue weighted by molar-refractivity contribution is -0.242. The van der Waals surface area contributed by atoms with Gasteiger partial charge in [-0.1, -0.05) is 40.0 Å². The first-order chi connectivity index (χ1) is 8.60. The van der Waals surface area contributed by atoms with Crippen molar-refractivity contribution in [1.29, 1.82) is 0 Å². The monoisotopic (exact) mass is 258 g/mol. The summed E-state index contributed by atoms with van der Waals surface area (Å²) in [5.74, 6) is 0.453. The van der Waals surface area contributed by atoms with E-state index in [1.54, 1.807) is 0 Å². The van der Waals surface area contributed by atoms with E-state index in [4.69, 9.17) is 9.47 Å². The van der Waals surface area contributed by atoms with Crippen LogP contribution in [0, 0.1) is 5.92 Å². The highest BCUT2D eigenvalue weighted by atomic mass is 16.7. The molecule has 0 aromatic heterocycles. The van der Waals surface area contributed by atoms with E-state index in [2.05, 4.69) is 34.6 Å². The second-order valence-electron chi connectivity index (χ2n) is 5.52. The van der Waals surface area contributed by atoms with E-state index in [1.165, 1.54) is 32.1 Å². The molecule has 0 atom stereocenters. The van der Waals surface area contributed by atoms with Gasteiger partial charge in [-0.05, 0) is 32.6 Å². The smallest absolute Gasteiger partial charge is 0.168 e. The van der Waals surface area contributed by atoms with Crippen LogP contribution in [0.15, 0.2) is 0 Å². The van der Waals surface area contributed by atoms with E-state index in [9.17, 15) is 0 Å². The SMILES string of the molecule is CCCCCC(CCCC(C)C)(OCC)OCC. The lowest BCUT2D eigenvalue weighted by Crippen LogP contribution is -2.36. The van der Waals surface area contributed by atoms with Gasteiger partial charge in [0, 0.05) is 26.1 Å². The first-order valence-corrected chi connectivity index (χ1v) is 7.88. The molecular weight excluding hydrogens is 224 g/mol. The van der Waals surface area contributed by atoms with Crippen molar-refractivity contribution in [3.8, 4) is 0 Å². The fraction of sp³-hybridized carbons (Fsp3) is 1.00. The van der Waals surface area contributed by atoms with Gasteiger partial charge in [0.05, 0.1) is 0 Å². The molecule has 2 heteroatoms. The Balaban J connectivity index is 4.31. The Bertz CT molecular complexity index is 172. The molecule has 0 rings (SSSR count). The van der Waals surface area contributed by atoms with Crippen molar-refractivity contribution >= 4 is 0 Å². The van der Waals surface area contributed by atoms with Crippen LogP contribution < -0.4 is 0 Å². The zero-order valence-corrected chi connectivity index (χ0v) is 13.3. The summed E-state index contributed by atoms with van der Waals surface area (Å²) in [6.07, 6.45) is 8.27. The Labute approximate surface area is 114 Å². The van der Waals surface area contributed by atoms with Crippen molar-refractivity contribution in [1.82, 2.24) is 0 Å². The van der Waals surface area contributed by atoms with Crippen molar-refractivity contribution in [2.75, 3.05) is 13.2 Å². The molecule has 0 heterocycles. The van der Waals surface area contributed by atoms with Crippen LogP contribution in [0.1, 0.15) is 79.6 Å². The molecule has 0 unspecified atom stereocenters. The normalized spacial score (nSPS) is 12.3. The van der Waals surface area contributed by atoms with E-state index in [0.29, 0.717) is 0 Å². The highest BCUT2D eigenvalue weighted by molar-refractivity contribution is 4.71. The molecule has 0 aliphatic carbocycles. The van der Waals surface area contributed by atoms with Gasteiger partial charge in [-0.15, -0.1) is 0 Å². The average Bonchev–Trinajstić information content (AvgIpc) is 2.29. The van der Waals surface area contributed by atoms with E-state index in [-0.39, 0.29) is 5.79 Å². The Morgan fingerprint density at radius 1 is 0.833 bits per heavy atom. The average molecular weight is 258 g/mol. The second kappa shape index (κ2) is 10.8. The lowest BCUT2D eigenvalue weighted by atomic mass is 9.98. The van der Waals surface area contributed by atoms with Gasteiger partial charge in [0.1, 0.15) is 0 Å². The van der Waals surface area contributed by atoms with Crippen LogP contribution in [0.25, 0.3) is 0 Å². The maximum atomic E-state index is 5.98. The maximum Gasteiger partial charge on any atom is 0.168 e. The second-order valence-corrected chi connectivity index (χ2v) is 5.52. The van der Waals surface area contributed by atoms with Crippen LogP contribution >= 0.6 is 0 Å². The Hall–Kier alpha value is -0.0800. The van der Waals surface area contributed by atoms with Gasteiger partial charge in [0.25, 0.3) is 0 Å². The molecule has 0 aliphatic heterocycles. The van der Waals surface area contributed by atoms with Crippen LogP contribution in [-0.2, 0) is 9.47 Å². The van der Waals surface area contributed by atoms with Gasteiger partial charge in [-0.25, -0.2) is 0 Å².